The van der Waals surface area contributed by atoms with E-state index in [2.05, 4.69) is 11.4 Å². The van der Waals surface area contributed by atoms with Gasteiger partial charge in [0.2, 0.25) is 0 Å². The summed E-state index contributed by atoms with van der Waals surface area (Å²) in [7, 11) is 0. The molecule has 0 aliphatic rings. The third kappa shape index (κ3) is 3.52. The maximum Gasteiger partial charge on any atom is 0.415 e. The zero-order valence-electron chi connectivity index (χ0n) is 11.9. The number of nitriles is 1. The van der Waals surface area contributed by atoms with Crippen molar-refractivity contribution in [2.45, 2.75) is 37.9 Å². The molecule has 0 bridgehead atoms. The number of halogens is 3. The van der Waals surface area contributed by atoms with E-state index in [9.17, 15) is 18.0 Å². The fraction of sp³-hybridized carbons (Fsp3) is 0.429. The van der Waals surface area contributed by atoms with Gasteiger partial charge in [-0.15, -0.1) is 0 Å². The molecule has 0 fully saturated rings. The zero-order chi connectivity index (χ0) is 16.5. The van der Waals surface area contributed by atoms with E-state index in [1.165, 1.54) is 12.1 Å². The number of alkyl halides is 3. The van der Waals surface area contributed by atoms with Crippen molar-refractivity contribution in [3.05, 3.63) is 29.8 Å². The Morgan fingerprint density at radius 1 is 1.19 bits per heavy atom. The lowest BCUT2D eigenvalue weighted by atomic mass is 9.86. The molecule has 0 saturated carbocycles. The third-order valence-electron chi connectivity index (χ3n) is 3.20. The van der Waals surface area contributed by atoms with Crippen molar-refractivity contribution in [2.24, 2.45) is 5.73 Å². The number of amides is 1. The van der Waals surface area contributed by atoms with Crippen LogP contribution in [0.25, 0.3) is 0 Å². The van der Waals surface area contributed by atoms with Gasteiger partial charge in [-0.05, 0) is 38.5 Å². The van der Waals surface area contributed by atoms with Crippen molar-refractivity contribution in [3.8, 4) is 6.07 Å². The fourth-order valence-corrected chi connectivity index (χ4v) is 1.42. The number of nitrogens with two attached hydrogens (primary N) is 1. The van der Waals surface area contributed by atoms with Gasteiger partial charge in [0.25, 0.3) is 5.91 Å². The minimum Gasteiger partial charge on any atom is -0.324 e. The number of benzene rings is 1. The normalized spacial score (nSPS) is 15.0. The van der Waals surface area contributed by atoms with E-state index in [0.717, 1.165) is 0 Å². The van der Waals surface area contributed by atoms with Gasteiger partial charge in [0.1, 0.15) is 0 Å². The molecule has 0 aromatic heterocycles. The van der Waals surface area contributed by atoms with Crippen molar-refractivity contribution in [2.75, 3.05) is 5.32 Å². The Morgan fingerprint density at radius 3 is 2.05 bits per heavy atom. The van der Waals surface area contributed by atoms with Crippen LogP contribution in [0.4, 0.5) is 18.9 Å². The first-order valence-electron chi connectivity index (χ1n) is 6.10. The minimum absolute atomic E-state index is 0.179. The highest BCUT2D eigenvalue weighted by Crippen LogP contribution is 2.29. The Kier molecular flexibility index (Phi) is 4.34. The van der Waals surface area contributed by atoms with Gasteiger partial charge in [-0.25, -0.2) is 0 Å². The quantitative estimate of drug-likeness (QED) is 0.900. The summed E-state index contributed by atoms with van der Waals surface area (Å²) >= 11 is 0. The summed E-state index contributed by atoms with van der Waals surface area (Å²) in [6, 6.07) is 8.10. The predicted molar refractivity (Wildman–Crippen MR) is 72.4 cm³/mol. The lowest BCUT2D eigenvalue weighted by Crippen LogP contribution is -2.59. The van der Waals surface area contributed by atoms with Crippen LogP contribution in [0.1, 0.15) is 26.3 Å². The Balaban J connectivity index is 2.92. The first kappa shape index (κ1) is 17.0. The van der Waals surface area contributed by atoms with Crippen molar-refractivity contribution < 1.29 is 18.0 Å². The molecule has 7 heteroatoms. The Labute approximate surface area is 120 Å². The van der Waals surface area contributed by atoms with E-state index in [1.807, 2.05) is 0 Å². The highest BCUT2D eigenvalue weighted by molar-refractivity contribution is 5.98. The molecule has 4 nitrogen and oxygen atoms in total. The molecule has 1 atom stereocenters. The first-order chi connectivity index (χ1) is 9.41. The van der Waals surface area contributed by atoms with Crippen LogP contribution < -0.4 is 11.1 Å². The summed E-state index contributed by atoms with van der Waals surface area (Å²) < 4.78 is 37.9. The minimum atomic E-state index is -4.85. The van der Waals surface area contributed by atoms with Gasteiger partial charge < -0.3 is 11.1 Å². The first-order valence-corrected chi connectivity index (χ1v) is 6.10. The van der Waals surface area contributed by atoms with E-state index in [4.69, 9.17) is 11.0 Å². The summed E-state index contributed by atoms with van der Waals surface area (Å²) in [6.07, 6.45) is -4.85. The predicted octanol–water partition coefficient (Wildman–Crippen LogP) is 2.71. The Morgan fingerprint density at radius 2 is 1.67 bits per heavy atom. The molecule has 114 valence electrons. The number of nitrogens with zero attached hydrogens (tertiary/aromatic N) is 1. The lowest BCUT2D eigenvalue weighted by molar-refractivity contribution is -0.184. The van der Waals surface area contributed by atoms with E-state index in [-0.39, 0.29) is 5.69 Å². The maximum atomic E-state index is 12.6. The van der Waals surface area contributed by atoms with Crippen molar-refractivity contribution in [1.29, 1.82) is 5.26 Å². The monoisotopic (exact) mass is 299 g/mol. The number of carbonyl (C=O) groups excluding carboxylic acids is 1. The Bertz CT molecular complexity index is 569. The average molecular weight is 299 g/mol. The molecule has 1 unspecified atom stereocenters. The summed E-state index contributed by atoms with van der Waals surface area (Å²) in [5, 5.41) is 11.1. The van der Waals surface area contributed by atoms with Gasteiger partial charge in [-0.2, -0.15) is 18.4 Å². The van der Waals surface area contributed by atoms with Gasteiger partial charge in [0.05, 0.1) is 11.5 Å². The van der Waals surface area contributed by atoms with Crippen LogP contribution in [0.3, 0.4) is 0 Å². The molecule has 1 aromatic rings. The van der Waals surface area contributed by atoms with Crippen LogP contribution in [0, 0.1) is 11.3 Å². The average Bonchev–Trinajstić information content (AvgIpc) is 2.38. The molecule has 1 amide bonds. The summed E-state index contributed by atoms with van der Waals surface area (Å²) in [5.74, 6) is -1.35. The number of hydrogen-bond acceptors (Lipinski definition) is 3. The second-order valence-corrected chi connectivity index (χ2v) is 5.47. The van der Waals surface area contributed by atoms with E-state index < -0.39 is 23.0 Å². The SMILES string of the molecule is CC(C)(C#N)c1ccc(NC(=O)C(C)(N)C(F)(F)F)cc1. The zero-order valence-corrected chi connectivity index (χ0v) is 11.9. The standard InChI is InChI=1S/C14H16F3N3O/c1-12(2,8-18)9-4-6-10(7-5-9)20-11(21)13(3,19)14(15,16)17/h4-7H,19H2,1-3H3,(H,20,21). The topological polar surface area (TPSA) is 78.9 Å². The number of anilines is 1. The van der Waals surface area contributed by atoms with Crippen LogP contribution in [-0.4, -0.2) is 17.6 Å². The molecule has 1 aromatic carbocycles. The summed E-state index contributed by atoms with van der Waals surface area (Å²) in [6.45, 7) is 4.03. The highest BCUT2D eigenvalue weighted by Gasteiger charge is 2.53. The van der Waals surface area contributed by atoms with Crippen molar-refractivity contribution >= 4 is 11.6 Å². The van der Waals surface area contributed by atoms with Gasteiger partial charge in [0.15, 0.2) is 5.54 Å². The third-order valence-corrected chi connectivity index (χ3v) is 3.20. The van der Waals surface area contributed by atoms with Crippen molar-refractivity contribution in [3.63, 3.8) is 0 Å². The molecule has 0 aliphatic heterocycles. The molecular weight excluding hydrogens is 283 g/mol. The number of carbonyl (C=O) groups is 1. The maximum absolute atomic E-state index is 12.6. The molecule has 3 N–H and O–H groups in total. The van der Waals surface area contributed by atoms with Gasteiger partial charge in [-0.1, -0.05) is 12.1 Å². The molecule has 0 aliphatic carbocycles. The van der Waals surface area contributed by atoms with Crippen LogP contribution in [0.5, 0.6) is 0 Å². The molecule has 0 heterocycles. The molecule has 21 heavy (non-hydrogen) atoms. The van der Waals surface area contributed by atoms with Crippen LogP contribution in [-0.2, 0) is 10.2 Å². The summed E-state index contributed by atoms with van der Waals surface area (Å²) in [5.41, 5.74) is 2.19. The van der Waals surface area contributed by atoms with Crippen LogP contribution in [0.15, 0.2) is 24.3 Å². The molecular formula is C14H16F3N3O. The fourth-order valence-electron chi connectivity index (χ4n) is 1.42. The van der Waals surface area contributed by atoms with Crippen LogP contribution >= 0.6 is 0 Å². The highest BCUT2D eigenvalue weighted by atomic mass is 19.4. The van der Waals surface area contributed by atoms with E-state index >= 15 is 0 Å². The van der Waals surface area contributed by atoms with Gasteiger partial charge in [-0.3, -0.25) is 4.79 Å². The van der Waals surface area contributed by atoms with Gasteiger partial charge in [0, 0.05) is 5.69 Å². The van der Waals surface area contributed by atoms with Crippen LogP contribution in [0.2, 0.25) is 0 Å². The van der Waals surface area contributed by atoms with Gasteiger partial charge >= 0.3 is 6.18 Å². The second-order valence-electron chi connectivity index (χ2n) is 5.47. The number of rotatable bonds is 3. The smallest absolute Gasteiger partial charge is 0.324 e. The number of nitrogens with one attached hydrogen (secondary N) is 1. The van der Waals surface area contributed by atoms with E-state index in [0.29, 0.717) is 12.5 Å². The summed E-state index contributed by atoms with van der Waals surface area (Å²) in [4.78, 5) is 11.6. The second kappa shape index (κ2) is 5.37. The largest absolute Gasteiger partial charge is 0.415 e. The molecule has 0 saturated heterocycles. The van der Waals surface area contributed by atoms with Crippen molar-refractivity contribution in [1.82, 2.24) is 0 Å². The molecule has 0 radical (unpaired) electrons. The molecule has 0 spiro atoms. The van der Waals surface area contributed by atoms with E-state index in [1.54, 1.807) is 26.0 Å². The lowest BCUT2D eigenvalue weighted by Gasteiger charge is -2.26. The number of hydrogen-bond donors (Lipinski definition) is 2. The Hall–Kier alpha value is -2.07. The molecule has 1 rings (SSSR count).